The molecule has 0 atom stereocenters. The molecular formula is C20H21FN2O3S. The van der Waals surface area contributed by atoms with Gasteiger partial charge < -0.3 is 10.6 Å². The fourth-order valence-corrected chi connectivity index (χ4v) is 2.82. The molecule has 0 aliphatic heterocycles. The van der Waals surface area contributed by atoms with Gasteiger partial charge in [0.15, 0.2) is 5.78 Å². The molecule has 0 spiro atoms. The van der Waals surface area contributed by atoms with Crippen LogP contribution in [0.25, 0.3) is 0 Å². The van der Waals surface area contributed by atoms with Crippen LogP contribution in [0.3, 0.4) is 0 Å². The van der Waals surface area contributed by atoms with Crippen LogP contribution in [0, 0.1) is 11.7 Å². The number of nitrogens with one attached hydrogen (secondary N) is 2. The molecule has 0 saturated carbocycles. The molecule has 2 N–H and O–H groups in total. The lowest BCUT2D eigenvalue weighted by molar-refractivity contribution is -0.119. The first kappa shape index (κ1) is 20.6. The predicted octanol–water partition coefficient (Wildman–Crippen LogP) is 4.35. The number of anilines is 2. The minimum atomic E-state index is -0.522. The second-order valence-corrected chi connectivity index (χ2v) is 7.28. The van der Waals surface area contributed by atoms with Gasteiger partial charge in [0.05, 0.1) is 5.75 Å². The van der Waals surface area contributed by atoms with Crippen molar-refractivity contribution in [2.75, 3.05) is 16.4 Å². The fraction of sp³-hybridized carbons (Fsp3) is 0.250. The first-order chi connectivity index (χ1) is 12.8. The van der Waals surface area contributed by atoms with Crippen molar-refractivity contribution in [2.45, 2.75) is 25.7 Å². The van der Waals surface area contributed by atoms with Gasteiger partial charge >= 0.3 is 0 Å². The van der Waals surface area contributed by atoms with E-state index in [0.29, 0.717) is 21.8 Å². The van der Waals surface area contributed by atoms with E-state index in [2.05, 4.69) is 10.6 Å². The van der Waals surface area contributed by atoms with Crippen LogP contribution < -0.4 is 10.6 Å². The van der Waals surface area contributed by atoms with Gasteiger partial charge in [-0.15, -0.1) is 11.8 Å². The quantitative estimate of drug-likeness (QED) is 0.546. The second-order valence-electron chi connectivity index (χ2n) is 6.26. The summed E-state index contributed by atoms with van der Waals surface area (Å²) in [5.41, 5.74) is 1.52. The standard InChI is InChI=1S/C20H21FN2O3S/c1-12(2)20(26)23-16-7-5-15(6-8-16)22-19(25)11-27-18-9-4-14(13(3)24)10-17(18)21/h4-10,12H,11H2,1-3H3,(H,22,25)(H,23,26). The van der Waals surface area contributed by atoms with E-state index in [0.717, 1.165) is 11.8 Å². The molecule has 2 aromatic rings. The van der Waals surface area contributed by atoms with Crippen LogP contribution in [0.15, 0.2) is 47.4 Å². The number of hydrogen-bond acceptors (Lipinski definition) is 4. The maximum atomic E-state index is 14.0. The van der Waals surface area contributed by atoms with Crippen LogP contribution in [-0.4, -0.2) is 23.4 Å². The van der Waals surface area contributed by atoms with Crippen molar-refractivity contribution >= 4 is 40.7 Å². The summed E-state index contributed by atoms with van der Waals surface area (Å²) in [4.78, 5) is 35.2. The summed E-state index contributed by atoms with van der Waals surface area (Å²) in [5, 5.41) is 5.48. The van der Waals surface area contributed by atoms with E-state index in [9.17, 15) is 18.8 Å². The molecule has 0 bridgehead atoms. The number of rotatable bonds is 7. The van der Waals surface area contributed by atoms with Gasteiger partial charge in [-0.3, -0.25) is 14.4 Å². The third-order valence-corrected chi connectivity index (χ3v) is 4.71. The monoisotopic (exact) mass is 388 g/mol. The number of halogens is 1. The topological polar surface area (TPSA) is 75.3 Å². The van der Waals surface area contributed by atoms with E-state index in [1.54, 1.807) is 38.1 Å². The zero-order valence-electron chi connectivity index (χ0n) is 15.3. The van der Waals surface area contributed by atoms with Gasteiger partial charge in [0, 0.05) is 27.8 Å². The first-order valence-electron chi connectivity index (χ1n) is 8.40. The van der Waals surface area contributed by atoms with Gasteiger partial charge in [0.2, 0.25) is 11.8 Å². The van der Waals surface area contributed by atoms with E-state index in [4.69, 9.17) is 0 Å². The molecule has 27 heavy (non-hydrogen) atoms. The van der Waals surface area contributed by atoms with E-state index < -0.39 is 5.82 Å². The smallest absolute Gasteiger partial charge is 0.234 e. The Kier molecular flexibility index (Phi) is 7.12. The molecule has 5 nitrogen and oxygen atoms in total. The molecule has 0 radical (unpaired) electrons. The number of carbonyl (C=O) groups is 3. The highest BCUT2D eigenvalue weighted by Crippen LogP contribution is 2.23. The summed E-state index contributed by atoms with van der Waals surface area (Å²) in [6.07, 6.45) is 0. The van der Waals surface area contributed by atoms with Gasteiger partial charge in [0.25, 0.3) is 0 Å². The van der Waals surface area contributed by atoms with Crippen LogP contribution in [0.4, 0.5) is 15.8 Å². The minimum Gasteiger partial charge on any atom is -0.326 e. The van der Waals surface area contributed by atoms with Crippen molar-refractivity contribution in [3.05, 3.63) is 53.8 Å². The molecule has 2 aromatic carbocycles. The Hall–Kier alpha value is -2.67. The van der Waals surface area contributed by atoms with Gasteiger partial charge in [0.1, 0.15) is 5.82 Å². The summed E-state index contributed by atoms with van der Waals surface area (Å²) in [6.45, 7) is 4.98. The molecule has 0 aliphatic carbocycles. The zero-order chi connectivity index (χ0) is 20.0. The molecule has 0 heterocycles. The van der Waals surface area contributed by atoms with Crippen LogP contribution in [0.1, 0.15) is 31.1 Å². The molecule has 0 fully saturated rings. The van der Waals surface area contributed by atoms with E-state index >= 15 is 0 Å². The van der Waals surface area contributed by atoms with E-state index in [1.807, 2.05) is 0 Å². The van der Waals surface area contributed by atoms with Crippen molar-refractivity contribution in [3.8, 4) is 0 Å². The number of hydrogen-bond donors (Lipinski definition) is 2. The highest BCUT2D eigenvalue weighted by atomic mass is 32.2. The summed E-state index contributed by atoms with van der Waals surface area (Å²) in [6, 6.07) is 11.0. The summed E-state index contributed by atoms with van der Waals surface area (Å²) >= 11 is 1.05. The fourth-order valence-electron chi connectivity index (χ4n) is 2.10. The highest BCUT2D eigenvalue weighted by Gasteiger charge is 2.10. The second kappa shape index (κ2) is 9.32. The molecule has 2 rings (SSSR count). The summed E-state index contributed by atoms with van der Waals surface area (Å²) < 4.78 is 14.0. The molecule has 7 heteroatoms. The molecule has 2 amide bonds. The molecule has 142 valence electrons. The first-order valence-corrected chi connectivity index (χ1v) is 9.39. The maximum Gasteiger partial charge on any atom is 0.234 e. The van der Waals surface area contributed by atoms with Crippen LogP contribution in [-0.2, 0) is 9.59 Å². The SMILES string of the molecule is CC(=O)c1ccc(SCC(=O)Nc2ccc(NC(=O)C(C)C)cc2)c(F)c1. The Labute approximate surface area is 161 Å². The van der Waals surface area contributed by atoms with Crippen molar-refractivity contribution in [1.82, 2.24) is 0 Å². The Balaban J connectivity index is 1.89. The number of carbonyl (C=O) groups excluding carboxylic acids is 3. The zero-order valence-corrected chi connectivity index (χ0v) is 16.2. The molecule has 0 aromatic heterocycles. The maximum absolute atomic E-state index is 14.0. The number of ketones is 1. The largest absolute Gasteiger partial charge is 0.326 e. The lowest BCUT2D eigenvalue weighted by atomic mass is 10.1. The molecule has 0 aliphatic rings. The average molecular weight is 388 g/mol. The number of amides is 2. The van der Waals surface area contributed by atoms with E-state index in [1.165, 1.54) is 25.1 Å². The third kappa shape index (κ3) is 6.21. The van der Waals surface area contributed by atoms with Crippen molar-refractivity contribution in [3.63, 3.8) is 0 Å². The number of benzene rings is 2. The Morgan fingerprint density at radius 2 is 1.59 bits per heavy atom. The van der Waals surface area contributed by atoms with Gasteiger partial charge in [-0.05, 0) is 43.3 Å². The van der Waals surface area contributed by atoms with Crippen LogP contribution >= 0.6 is 11.8 Å². The van der Waals surface area contributed by atoms with Crippen molar-refractivity contribution in [2.24, 2.45) is 5.92 Å². The highest BCUT2D eigenvalue weighted by molar-refractivity contribution is 8.00. The Morgan fingerprint density at radius 3 is 2.11 bits per heavy atom. The predicted molar refractivity (Wildman–Crippen MR) is 106 cm³/mol. The minimum absolute atomic E-state index is 0.0299. The van der Waals surface area contributed by atoms with Crippen molar-refractivity contribution in [1.29, 1.82) is 0 Å². The van der Waals surface area contributed by atoms with Gasteiger partial charge in [-0.1, -0.05) is 19.9 Å². The Morgan fingerprint density at radius 1 is 1.00 bits per heavy atom. The average Bonchev–Trinajstić information content (AvgIpc) is 2.62. The Bertz CT molecular complexity index is 851. The van der Waals surface area contributed by atoms with Crippen LogP contribution in [0.5, 0.6) is 0 Å². The van der Waals surface area contributed by atoms with Crippen molar-refractivity contribution < 1.29 is 18.8 Å². The van der Waals surface area contributed by atoms with Gasteiger partial charge in [-0.25, -0.2) is 4.39 Å². The normalized spacial score (nSPS) is 10.6. The lowest BCUT2D eigenvalue weighted by Crippen LogP contribution is -2.18. The van der Waals surface area contributed by atoms with E-state index in [-0.39, 0.29) is 29.3 Å². The molecule has 0 unspecified atom stereocenters. The molecular weight excluding hydrogens is 367 g/mol. The third-order valence-electron chi connectivity index (χ3n) is 3.66. The lowest BCUT2D eigenvalue weighted by Gasteiger charge is -2.09. The van der Waals surface area contributed by atoms with Gasteiger partial charge in [-0.2, -0.15) is 0 Å². The van der Waals surface area contributed by atoms with Crippen LogP contribution in [0.2, 0.25) is 0 Å². The molecule has 0 saturated heterocycles. The summed E-state index contributed by atoms with van der Waals surface area (Å²) in [5.74, 6) is -1.19. The summed E-state index contributed by atoms with van der Waals surface area (Å²) in [7, 11) is 0. The number of Topliss-reactive ketones (excluding diaryl/α,β-unsaturated/α-hetero) is 1. The number of thioether (sulfide) groups is 1.